The van der Waals surface area contributed by atoms with Crippen LogP contribution in [0.25, 0.3) is 5.69 Å². The standard InChI is InChI=1S/C28H33F3N4O3/c1-6-7-15-34(26(37)19-9-8-10-20(16-19)28(29,30)31)18-25(36)32-24-17-23(27(2,3)4)33-35(24)21-11-13-22(38-5)14-12-21/h8-14,16-17H,6-7,15,18H2,1-5H3,(H,32,36). The quantitative estimate of drug-likeness (QED) is 0.364. The molecule has 0 saturated heterocycles. The Hall–Kier alpha value is -3.82. The molecule has 38 heavy (non-hydrogen) atoms. The maximum Gasteiger partial charge on any atom is 0.416 e. The van der Waals surface area contributed by atoms with Gasteiger partial charge in [-0.3, -0.25) is 9.59 Å². The molecule has 1 heterocycles. The predicted molar refractivity (Wildman–Crippen MR) is 140 cm³/mol. The van der Waals surface area contributed by atoms with E-state index in [1.165, 1.54) is 17.0 Å². The summed E-state index contributed by atoms with van der Waals surface area (Å²) in [6, 6.07) is 13.2. The highest BCUT2D eigenvalue weighted by molar-refractivity contribution is 5.99. The van der Waals surface area contributed by atoms with Crippen molar-refractivity contribution in [2.45, 2.75) is 52.1 Å². The first kappa shape index (κ1) is 28.7. The number of methoxy groups -OCH3 is 1. The lowest BCUT2D eigenvalue weighted by Crippen LogP contribution is -2.39. The van der Waals surface area contributed by atoms with Crippen LogP contribution in [0.3, 0.4) is 0 Å². The van der Waals surface area contributed by atoms with Gasteiger partial charge in [0.15, 0.2) is 0 Å². The molecule has 0 fully saturated rings. The normalized spacial score (nSPS) is 11.8. The molecule has 3 aromatic rings. The minimum Gasteiger partial charge on any atom is -0.497 e. The molecule has 7 nitrogen and oxygen atoms in total. The molecule has 0 spiro atoms. The van der Waals surface area contributed by atoms with Crippen molar-refractivity contribution in [3.05, 3.63) is 71.4 Å². The van der Waals surface area contributed by atoms with Crippen molar-refractivity contribution in [3.63, 3.8) is 0 Å². The topological polar surface area (TPSA) is 76.5 Å². The first-order chi connectivity index (χ1) is 17.8. The molecule has 0 saturated carbocycles. The van der Waals surface area contributed by atoms with Crippen molar-refractivity contribution in [2.75, 3.05) is 25.5 Å². The third kappa shape index (κ3) is 7.14. The molecule has 0 atom stereocenters. The molecule has 0 aliphatic heterocycles. The van der Waals surface area contributed by atoms with Crippen molar-refractivity contribution in [1.29, 1.82) is 0 Å². The van der Waals surface area contributed by atoms with Crippen molar-refractivity contribution >= 4 is 17.6 Å². The third-order valence-corrected chi connectivity index (χ3v) is 5.90. The van der Waals surface area contributed by atoms with Gasteiger partial charge in [-0.05, 0) is 48.9 Å². The number of ether oxygens (including phenoxy) is 1. The summed E-state index contributed by atoms with van der Waals surface area (Å²) in [5.41, 5.74) is 0.0958. The Morgan fingerprint density at radius 1 is 1.05 bits per heavy atom. The van der Waals surface area contributed by atoms with Crippen molar-refractivity contribution in [2.24, 2.45) is 0 Å². The van der Waals surface area contributed by atoms with E-state index in [9.17, 15) is 22.8 Å². The number of nitrogens with one attached hydrogen (secondary N) is 1. The smallest absolute Gasteiger partial charge is 0.416 e. The van der Waals surface area contributed by atoms with Gasteiger partial charge in [-0.15, -0.1) is 0 Å². The molecule has 204 valence electrons. The minimum atomic E-state index is -4.58. The summed E-state index contributed by atoms with van der Waals surface area (Å²) in [4.78, 5) is 27.6. The molecule has 2 aromatic carbocycles. The van der Waals surface area contributed by atoms with Crippen LogP contribution in [0, 0.1) is 0 Å². The number of hydrogen-bond donors (Lipinski definition) is 1. The Balaban J connectivity index is 1.87. The number of halogens is 3. The van der Waals surface area contributed by atoms with Gasteiger partial charge in [-0.25, -0.2) is 4.68 Å². The number of aromatic nitrogens is 2. The first-order valence-corrected chi connectivity index (χ1v) is 12.3. The number of rotatable bonds is 9. The Bertz CT molecular complexity index is 1260. The van der Waals surface area contributed by atoms with Gasteiger partial charge in [0, 0.05) is 23.6 Å². The van der Waals surface area contributed by atoms with E-state index in [1.54, 1.807) is 42.1 Å². The van der Waals surface area contributed by atoms with Crippen LogP contribution in [-0.2, 0) is 16.4 Å². The Labute approximate surface area is 220 Å². The van der Waals surface area contributed by atoms with Crippen molar-refractivity contribution in [3.8, 4) is 11.4 Å². The van der Waals surface area contributed by atoms with Gasteiger partial charge in [0.2, 0.25) is 5.91 Å². The summed E-state index contributed by atoms with van der Waals surface area (Å²) in [5.74, 6) is -0.0513. The zero-order valence-electron chi connectivity index (χ0n) is 22.2. The van der Waals surface area contributed by atoms with Gasteiger partial charge in [0.1, 0.15) is 18.1 Å². The number of alkyl halides is 3. The number of benzene rings is 2. The average molecular weight is 531 g/mol. The molecule has 0 unspecified atom stereocenters. The number of amides is 2. The van der Waals surface area contributed by atoms with E-state index in [-0.39, 0.29) is 24.1 Å². The lowest BCUT2D eigenvalue weighted by atomic mass is 9.92. The molecule has 0 radical (unpaired) electrons. The highest BCUT2D eigenvalue weighted by Gasteiger charge is 2.31. The van der Waals surface area contributed by atoms with E-state index in [0.29, 0.717) is 23.7 Å². The monoisotopic (exact) mass is 530 g/mol. The van der Waals surface area contributed by atoms with Crippen molar-refractivity contribution in [1.82, 2.24) is 14.7 Å². The summed E-state index contributed by atoms with van der Waals surface area (Å²) >= 11 is 0. The Morgan fingerprint density at radius 2 is 1.74 bits per heavy atom. The fourth-order valence-electron chi connectivity index (χ4n) is 3.73. The second-order valence-corrected chi connectivity index (χ2v) is 9.98. The SMILES string of the molecule is CCCCN(CC(=O)Nc1cc(C(C)(C)C)nn1-c1ccc(OC)cc1)C(=O)c1cccc(C(F)(F)F)c1. The van der Waals surface area contributed by atoms with E-state index in [4.69, 9.17) is 4.74 Å². The fourth-order valence-corrected chi connectivity index (χ4v) is 3.73. The Kier molecular flexibility index (Phi) is 8.85. The molecule has 0 aliphatic carbocycles. The summed E-state index contributed by atoms with van der Waals surface area (Å²) in [6.07, 6.45) is -3.24. The number of unbranched alkanes of at least 4 members (excludes halogenated alkanes) is 1. The van der Waals surface area contributed by atoms with Crippen LogP contribution in [-0.4, -0.2) is 46.7 Å². The van der Waals surface area contributed by atoms with Gasteiger partial charge < -0.3 is 15.0 Å². The summed E-state index contributed by atoms with van der Waals surface area (Å²) in [7, 11) is 1.57. The molecular formula is C28H33F3N4O3. The molecule has 0 bridgehead atoms. The lowest BCUT2D eigenvalue weighted by Gasteiger charge is -2.22. The molecule has 1 aromatic heterocycles. The van der Waals surface area contributed by atoms with E-state index in [1.807, 2.05) is 27.7 Å². The van der Waals surface area contributed by atoms with Gasteiger partial charge in [0.05, 0.1) is 24.1 Å². The fraction of sp³-hybridized carbons (Fsp3) is 0.393. The molecule has 2 amide bonds. The zero-order chi connectivity index (χ0) is 28.1. The lowest BCUT2D eigenvalue weighted by molar-refractivity contribution is -0.137. The number of nitrogens with zero attached hydrogens (tertiary/aromatic N) is 3. The van der Waals surface area contributed by atoms with E-state index >= 15 is 0 Å². The molecule has 10 heteroatoms. The second kappa shape index (κ2) is 11.7. The number of carbonyl (C=O) groups is 2. The van der Waals surface area contributed by atoms with E-state index < -0.39 is 23.6 Å². The van der Waals surface area contributed by atoms with Crippen LogP contribution in [0.4, 0.5) is 19.0 Å². The maximum atomic E-state index is 13.2. The number of anilines is 1. The largest absolute Gasteiger partial charge is 0.497 e. The Morgan fingerprint density at radius 3 is 2.32 bits per heavy atom. The highest BCUT2D eigenvalue weighted by Crippen LogP contribution is 2.30. The molecule has 3 rings (SSSR count). The van der Waals surface area contributed by atoms with Gasteiger partial charge >= 0.3 is 6.18 Å². The van der Waals surface area contributed by atoms with Crippen LogP contribution in [0.2, 0.25) is 0 Å². The summed E-state index contributed by atoms with van der Waals surface area (Å²) < 4.78 is 46.4. The third-order valence-electron chi connectivity index (χ3n) is 5.90. The summed E-state index contributed by atoms with van der Waals surface area (Å²) in [5, 5.41) is 7.51. The van der Waals surface area contributed by atoms with E-state index in [0.717, 1.165) is 24.2 Å². The van der Waals surface area contributed by atoms with Crippen molar-refractivity contribution < 1.29 is 27.5 Å². The number of carbonyl (C=O) groups excluding carboxylic acids is 2. The molecular weight excluding hydrogens is 497 g/mol. The maximum absolute atomic E-state index is 13.2. The predicted octanol–water partition coefficient (Wildman–Crippen LogP) is 6.08. The van der Waals surface area contributed by atoms with E-state index in [2.05, 4.69) is 10.4 Å². The molecule has 0 aliphatic rings. The minimum absolute atomic E-state index is 0.123. The van der Waals surface area contributed by atoms with Gasteiger partial charge in [0.25, 0.3) is 5.91 Å². The molecule has 1 N–H and O–H groups in total. The first-order valence-electron chi connectivity index (χ1n) is 12.3. The highest BCUT2D eigenvalue weighted by atomic mass is 19.4. The van der Waals surface area contributed by atoms with Gasteiger partial charge in [-0.2, -0.15) is 18.3 Å². The van der Waals surface area contributed by atoms with Crippen LogP contribution < -0.4 is 10.1 Å². The van der Waals surface area contributed by atoms with Crippen LogP contribution in [0.15, 0.2) is 54.6 Å². The average Bonchev–Trinajstić information content (AvgIpc) is 3.30. The van der Waals surface area contributed by atoms with Crippen LogP contribution in [0.1, 0.15) is 62.2 Å². The van der Waals surface area contributed by atoms with Gasteiger partial charge in [-0.1, -0.05) is 40.2 Å². The number of hydrogen-bond acceptors (Lipinski definition) is 4. The summed E-state index contributed by atoms with van der Waals surface area (Å²) in [6.45, 7) is 7.82. The second-order valence-electron chi connectivity index (χ2n) is 9.98. The van der Waals surface area contributed by atoms with Crippen LogP contribution in [0.5, 0.6) is 5.75 Å². The zero-order valence-corrected chi connectivity index (χ0v) is 22.2. The van der Waals surface area contributed by atoms with Crippen LogP contribution >= 0.6 is 0 Å².